The van der Waals surface area contributed by atoms with E-state index in [9.17, 15) is 4.79 Å². The lowest BCUT2D eigenvalue weighted by Gasteiger charge is -2.09. The normalized spacial score (nSPS) is 20.5. The second kappa shape index (κ2) is 4.95. The van der Waals surface area contributed by atoms with Gasteiger partial charge in [-0.3, -0.25) is 4.79 Å². The highest BCUT2D eigenvalue weighted by atomic mass is 79.9. The van der Waals surface area contributed by atoms with Crippen LogP contribution < -0.4 is 10.6 Å². The van der Waals surface area contributed by atoms with Crippen molar-refractivity contribution in [3.05, 3.63) is 19.2 Å². The van der Waals surface area contributed by atoms with Gasteiger partial charge in [-0.05, 0) is 50.9 Å². The van der Waals surface area contributed by atoms with E-state index in [1.54, 1.807) is 0 Å². The van der Waals surface area contributed by atoms with Crippen LogP contribution >= 0.6 is 43.2 Å². The summed E-state index contributed by atoms with van der Waals surface area (Å²) in [5.74, 6) is 0.0140. The van der Waals surface area contributed by atoms with E-state index in [0.717, 1.165) is 32.6 Å². The van der Waals surface area contributed by atoms with Crippen molar-refractivity contribution in [2.45, 2.75) is 12.5 Å². The molecular weight excluding hydrogens is 344 g/mol. The second-order valence-electron chi connectivity index (χ2n) is 3.40. The first kappa shape index (κ1) is 11.6. The average Bonchev–Trinajstić information content (AvgIpc) is 2.78. The van der Waals surface area contributed by atoms with Crippen molar-refractivity contribution in [2.24, 2.45) is 0 Å². The van der Waals surface area contributed by atoms with Crippen molar-refractivity contribution < 1.29 is 4.79 Å². The van der Waals surface area contributed by atoms with Crippen LogP contribution in [0.1, 0.15) is 16.1 Å². The highest BCUT2D eigenvalue weighted by molar-refractivity contribution is 9.13. The molecule has 2 heterocycles. The Hall–Kier alpha value is 0.0900. The molecule has 1 saturated heterocycles. The SMILES string of the molecule is O=C(N[C@H]1CCNC1)c1cc(Br)c(Br)s1. The van der Waals surface area contributed by atoms with Crippen molar-refractivity contribution >= 4 is 49.1 Å². The molecule has 1 aromatic rings. The third-order valence-corrected chi connectivity index (χ3v) is 5.52. The molecule has 2 rings (SSSR count). The Labute approximate surface area is 109 Å². The van der Waals surface area contributed by atoms with Gasteiger partial charge in [-0.1, -0.05) is 0 Å². The number of thiophene rings is 1. The van der Waals surface area contributed by atoms with Gasteiger partial charge in [0.25, 0.3) is 5.91 Å². The van der Waals surface area contributed by atoms with Gasteiger partial charge in [0.15, 0.2) is 0 Å². The maximum atomic E-state index is 11.8. The predicted octanol–water partition coefficient (Wildman–Crippen LogP) is 2.36. The zero-order valence-electron chi connectivity index (χ0n) is 7.85. The molecule has 0 bridgehead atoms. The molecule has 3 nitrogen and oxygen atoms in total. The number of halogens is 2. The first-order chi connectivity index (χ1) is 7.16. The molecule has 1 fully saturated rings. The molecule has 82 valence electrons. The van der Waals surface area contributed by atoms with E-state index in [1.807, 2.05) is 6.07 Å². The van der Waals surface area contributed by atoms with Crippen LogP contribution in [0.15, 0.2) is 14.3 Å². The number of rotatable bonds is 2. The largest absolute Gasteiger partial charge is 0.347 e. The predicted molar refractivity (Wildman–Crippen MR) is 68.5 cm³/mol. The summed E-state index contributed by atoms with van der Waals surface area (Å²) in [5.41, 5.74) is 0. The van der Waals surface area contributed by atoms with Gasteiger partial charge in [-0.25, -0.2) is 0 Å². The molecule has 6 heteroatoms. The maximum absolute atomic E-state index is 11.8. The van der Waals surface area contributed by atoms with Crippen molar-refractivity contribution in [1.29, 1.82) is 0 Å². The second-order valence-corrected chi connectivity index (χ2v) is 6.62. The van der Waals surface area contributed by atoms with E-state index < -0.39 is 0 Å². The molecule has 0 saturated carbocycles. The molecule has 0 spiro atoms. The fraction of sp³-hybridized carbons (Fsp3) is 0.444. The van der Waals surface area contributed by atoms with Gasteiger partial charge >= 0.3 is 0 Å². The molecule has 1 amide bonds. The zero-order valence-corrected chi connectivity index (χ0v) is 11.8. The number of carbonyl (C=O) groups is 1. The molecule has 0 radical (unpaired) electrons. The van der Waals surface area contributed by atoms with Gasteiger partial charge in [0, 0.05) is 17.1 Å². The van der Waals surface area contributed by atoms with Crippen LogP contribution in [0.5, 0.6) is 0 Å². The van der Waals surface area contributed by atoms with Crippen LogP contribution in [0.4, 0.5) is 0 Å². The van der Waals surface area contributed by atoms with E-state index in [-0.39, 0.29) is 11.9 Å². The highest BCUT2D eigenvalue weighted by Crippen LogP contribution is 2.32. The number of nitrogens with one attached hydrogen (secondary N) is 2. The first-order valence-electron chi connectivity index (χ1n) is 4.63. The lowest BCUT2D eigenvalue weighted by atomic mass is 10.2. The average molecular weight is 354 g/mol. The lowest BCUT2D eigenvalue weighted by Crippen LogP contribution is -2.35. The summed E-state index contributed by atoms with van der Waals surface area (Å²) >= 11 is 8.19. The summed E-state index contributed by atoms with van der Waals surface area (Å²) in [5, 5.41) is 6.22. The van der Waals surface area contributed by atoms with Gasteiger partial charge in [-0.15, -0.1) is 11.3 Å². The number of hydrogen-bond donors (Lipinski definition) is 2. The molecule has 1 aliphatic heterocycles. The maximum Gasteiger partial charge on any atom is 0.261 e. The van der Waals surface area contributed by atoms with Crippen LogP contribution in [0, 0.1) is 0 Å². The Morgan fingerprint density at radius 1 is 1.60 bits per heavy atom. The highest BCUT2D eigenvalue weighted by Gasteiger charge is 2.19. The minimum absolute atomic E-state index is 0.0140. The van der Waals surface area contributed by atoms with Crippen molar-refractivity contribution in [1.82, 2.24) is 10.6 Å². The summed E-state index contributed by atoms with van der Waals surface area (Å²) in [7, 11) is 0. The van der Waals surface area contributed by atoms with Crippen LogP contribution in [0.25, 0.3) is 0 Å². The van der Waals surface area contributed by atoms with Gasteiger partial charge in [0.05, 0.1) is 8.66 Å². The van der Waals surface area contributed by atoms with Crippen LogP contribution in [0.3, 0.4) is 0 Å². The fourth-order valence-electron chi connectivity index (χ4n) is 1.49. The van der Waals surface area contributed by atoms with Crippen molar-refractivity contribution in [3.63, 3.8) is 0 Å². The Morgan fingerprint density at radius 3 is 2.93 bits per heavy atom. The van der Waals surface area contributed by atoms with E-state index >= 15 is 0 Å². The topological polar surface area (TPSA) is 41.1 Å². The molecular formula is C9H10Br2N2OS. The molecule has 15 heavy (non-hydrogen) atoms. The monoisotopic (exact) mass is 352 g/mol. The molecule has 1 aliphatic rings. The van der Waals surface area contributed by atoms with E-state index in [4.69, 9.17) is 0 Å². The van der Waals surface area contributed by atoms with Crippen molar-refractivity contribution in [2.75, 3.05) is 13.1 Å². The zero-order chi connectivity index (χ0) is 10.8. The van der Waals surface area contributed by atoms with E-state index in [1.165, 1.54) is 11.3 Å². The summed E-state index contributed by atoms with van der Waals surface area (Å²) in [6.45, 7) is 1.86. The van der Waals surface area contributed by atoms with Crippen LogP contribution in [-0.2, 0) is 0 Å². The summed E-state index contributed by atoms with van der Waals surface area (Å²) in [4.78, 5) is 12.5. The Bertz CT molecular complexity index is 355. The molecule has 1 aromatic heterocycles. The fourth-order valence-corrected chi connectivity index (χ4v) is 3.43. The number of carbonyl (C=O) groups excluding carboxylic acids is 1. The van der Waals surface area contributed by atoms with E-state index in [0.29, 0.717) is 0 Å². The molecule has 0 unspecified atom stereocenters. The van der Waals surface area contributed by atoms with Crippen LogP contribution in [-0.4, -0.2) is 25.0 Å². The molecule has 0 aromatic carbocycles. The first-order valence-corrected chi connectivity index (χ1v) is 7.03. The van der Waals surface area contributed by atoms with Gasteiger partial charge in [-0.2, -0.15) is 0 Å². The third-order valence-electron chi connectivity index (χ3n) is 2.26. The molecule has 0 aliphatic carbocycles. The smallest absolute Gasteiger partial charge is 0.261 e. The number of amides is 1. The Morgan fingerprint density at radius 2 is 2.40 bits per heavy atom. The van der Waals surface area contributed by atoms with Gasteiger partial charge in [0.1, 0.15) is 0 Å². The minimum atomic E-state index is 0.0140. The summed E-state index contributed by atoms with van der Waals surface area (Å²) in [6, 6.07) is 2.11. The standard InChI is InChI=1S/C9H10Br2N2OS/c10-6-3-7(15-8(6)11)9(14)13-5-1-2-12-4-5/h3,5,12H,1-2,4H2,(H,13,14)/t5-/m0/s1. The quantitative estimate of drug-likeness (QED) is 0.856. The van der Waals surface area contributed by atoms with E-state index in [2.05, 4.69) is 42.5 Å². The van der Waals surface area contributed by atoms with Crippen LogP contribution in [0.2, 0.25) is 0 Å². The lowest BCUT2D eigenvalue weighted by molar-refractivity contribution is 0.0944. The minimum Gasteiger partial charge on any atom is -0.347 e. The summed E-state index contributed by atoms with van der Waals surface area (Å²) < 4.78 is 1.89. The van der Waals surface area contributed by atoms with Gasteiger partial charge < -0.3 is 10.6 Å². The van der Waals surface area contributed by atoms with Gasteiger partial charge in [0.2, 0.25) is 0 Å². The molecule has 2 N–H and O–H groups in total. The summed E-state index contributed by atoms with van der Waals surface area (Å²) in [6.07, 6.45) is 1.01. The molecule has 1 atom stereocenters. The number of hydrogen-bond acceptors (Lipinski definition) is 3. The Balaban J connectivity index is 2.00. The Kier molecular flexibility index (Phi) is 3.82. The third kappa shape index (κ3) is 2.81. The van der Waals surface area contributed by atoms with Crippen molar-refractivity contribution in [3.8, 4) is 0 Å².